The highest BCUT2D eigenvalue weighted by Crippen LogP contribution is 2.51. The number of nitrogens with zero attached hydrogens (tertiary/aromatic N) is 5. The molecule has 2 aliphatic rings. The largest absolute Gasteiger partial charge is 0.334 e. The summed E-state index contributed by atoms with van der Waals surface area (Å²) in [6.07, 6.45) is 9.09. The lowest BCUT2D eigenvalue weighted by Gasteiger charge is -2.57. The number of aryl methyl sites for hydroxylation is 1. The average Bonchev–Trinajstić information content (AvgIpc) is 3.02. The molecule has 1 saturated heterocycles. The Bertz CT molecular complexity index is 1030. The molecule has 0 radical (unpaired) electrons. The molecule has 7 nitrogen and oxygen atoms in total. The van der Waals surface area contributed by atoms with Crippen molar-refractivity contribution in [2.45, 2.75) is 12.8 Å². The maximum absolute atomic E-state index is 12.5. The van der Waals surface area contributed by atoms with E-state index in [4.69, 9.17) is 0 Å². The summed E-state index contributed by atoms with van der Waals surface area (Å²) >= 11 is 0. The summed E-state index contributed by atoms with van der Waals surface area (Å²) in [7, 11) is 4.08. The second-order valence-electron chi connectivity index (χ2n) is 8.14. The van der Waals surface area contributed by atoms with Gasteiger partial charge >= 0.3 is 0 Å². The van der Waals surface area contributed by atoms with Crippen molar-refractivity contribution in [3.63, 3.8) is 0 Å². The Hall–Kier alpha value is -2.80. The number of amides is 1. The molecule has 0 aromatic carbocycles. The molecule has 1 aliphatic carbocycles. The van der Waals surface area contributed by atoms with Crippen LogP contribution in [0.4, 0.5) is 5.82 Å². The molecule has 0 unspecified atom stereocenters. The van der Waals surface area contributed by atoms with Crippen molar-refractivity contribution in [1.29, 1.82) is 0 Å². The molecule has 1 saturated carbocycles. The summed E-state index contributed by atoms with van der Waals surface area (Å²) in [5, 5.41) is 3.94. The van der Waals surface area contributed by atoms with Crippen LogP contribution in [0.25, 0.3) is 22.2 Å². The van der Waals surface area contributed by atoms with E-state index < -0.39 is 0 Å². The fourth-order valence-corrected chi connectivity index (χ4v) is 4.63. The molecule has 3 aromatic rings. The summed E-state index contributed by atoms with van der Waals surface area (Å²) in [5.41, 5.74) is 3.19. The number of carbonyl (C=O) groups excluding carboxylic acids is 1. The van der Waals surface area contributed by atoms with Crippen molar-refractivity contribution >= 4 is 22.6 Å². The van der Waals surface area contributed by atoms with Crippen LogP contribution in [-0.2, 0) is 11.8 Å². The third-order valence-corrected chi connectivity index (χ3v) is 5.87. The zero-order valence-corrected chi connectivity index (χ0v) is 15.5. The number of nitrogens with one attached hydrogen (secondary N) is 1. The summed E-state index contributed by atoms with van der Waals surface area (Å²) in [6.45, 7) is 2.24. The molecular formula is C20H22N6O. The lowest BCUT2D eigenvalue weighted by molar-refractivity contribution is -0.137. The first-order valence-electron chi connectivity index (χ1n) is 9.23. The van der Waals surface area contributed by atoms with Crippen molar-refractivity contribution in [2.75, 3.05) is 25.5 Å². The van der Waals surface area contributed by atoms with E-state index in [1.54, 1.807) is 12.5 Å². The lowest BCUT2D eigenvalue weighted by atomic mass is 9.57. The second-order valence-corrected chi connectivity index (χ2v) is 8.14. The maximum Gasteiger partial charge on any atom is 0.228 e. The van der Waals surface area contributed by atoms with Crippen LogP contribution in [0.15, 0.2) is 37.1 Å². The number of rotatable bonds is 3. The van der Waals surface area contributed by atoms with Gasteiger partial charge in [-0.25, -0.2) is 9.97 Å². The number of aromatic nitrogens is 4. The van der Waals surface area contributed by atoms with Crippen LogP contribution in [-0.4, -0.2) is 50.5 Å². The van der Waals surface area contributed by atoms with Crippen LogP contribution in [0.2, 0.25) is 0 Å². The topological polar surface area (TPSA) is 75.9 Å². The highest BCUT2D eigenvalue weighted by atomic mass is 16.2. The van der Waals surface area contributed by atoms with Gasteiger partial charge in [-0.3, -0.25) is 9.78 Å². The number of hydrogen-bond donors (Lipinski definition) is 1. The van der Waals surface area contributed by atoms with Crippen molar-refractivity contribution in [3.05, 3.63) is 37.1 Å². The first-order chi connectivity index (χ1) is 13.0. The molecule has 1 aliphatic heterocycles. The van der Waals surface area contributed by atoms with Crippen molar-refractivity contribution in [1.82, 2.24) is 24.4 Å². The monoisotopic (exact) mass is 362 g/mol. The molecule has 4 heterocycles. The maximum atomic E-state index is 12.5. The van der Waals surface area contributed by atoms with E-state index in [0.29, 0.717) is 11.2 Å². The predicted octanol–water partition coefficient (Wildman–Crippen LogP) is 2.31. The molecule has 138 valence electrons. The lowest BCUT2D eigenvalue weighted by Crippen LogP contribution is -2.62. The van der Waals surface area contributed by atoms with Gasteiger partial charge in [-0.05, 0) is 37.4 Å². The van der Waals surface area contributed by atoms with E-state index >= 15 is 0 Å². The average molecular weight is 362 g/mol. The molecule has 1 N–H and O–H groups in total. The van der Waals surface area contributed by atoms with Gasteiger partial charge < -0.3 is 14.8 Å². The van der Waals surface area contributed by atoms with Crippen LogP contribution in [0, 0.1) is 11.3 Å². The summed E-state index contributed by atoms with van der Waals surface area (Å²) in [6, 6.07) is 3.95. The molecule has 1 amide bonds. The number of likely N-dealkylation sites (tertiary alicyclic amines) is 1. The standard InChI is InChI=1S/C20H22N6O/c1-25-10-20(11-25)5-15(6-20)19(27)24-18-4-13-3-14(7-22-16(13)8-23-18)17-9-21-12-26(17)2/h3-4,7-9,12,15H,5-6,10-11H2,1-2H3,(H,23,24,27). The van der Waals surface area contributed by atoms with Gasteiger partial charge in [-0.15, -0.1) is 0 Å². The number of fused-ring (bicyclic) bond motifs is 1. The minimum atomic E-state index is 0.0813. The third-order valence-electron chi connectivity index (χ3n) is 5.87. The summed E-state index contributed by atoms with van der Waals surface area (Å²) in [4.78, 5) is 27.9. The van der Waals surface area contributed by atoms with Gasteiger partial charge in [0.2, 0.25) is 5.91 Å². The van der Waals surface area contributed by atoms with Crippen LogP contribution >= 0.6 is 0 Å². The third kappa shape index (κ3) is 2.78. The van der Waals surface area contributed by atoms with Gasteiger partial charge in [0.15, 0.2) is 0 Å². The first-order valence-corrected chi connectivity index (χ1v) is 9.23. The van der Waals surface area contributed by atoms with Gasteiger partial charge in [0.25, 0.3) is 0 Å². The highest BCUT2D eigenvalue weighted by Gasteiger charge is 2.53. The van der Waals surface area contributed by atoms with Crippen LogP contribution in [0.5, 0.6) is 0 Å². The van der Waals surface area contributed by atoms with Crippen molar-refractivity contribution < 1.29 is 4.79 Å². The molecule has 27 heavy (non-hydrogen) atoms. The summed E-state index contributed by atoms with van der Waals surface area (Å²) in [5.74, 6) is 0.774. The van der Waals surface area contributed by atoms with Gasteiger partial charge in [-0.1, -0.05) is 0 Å². The molecule has 5 rings (SSSR count). The molecule has 7 heteroatoms. The Labute approximate surface area is 157 Å². The normalized spacial score (nSPS) is 19.0. The fourth-order valence-electron chi connectivity index (χ4n) is 4.63. The van der Waals surface area contributed by atoms with Crippen molar-refractivity contribution in [2.24, 2.45) is 18.4 Å². The van der Waals surface area contributed by atoms with Gasteiger partial charge in [0.05, 0.1) is 29.9 Å². The molecule has 0 bridgehead atoms. The van der Waals surface area contributed by atoms with E-state index in [-0.39, 0.29) is 11.8 Å². The van der Waals surface area contributed by atoms with Crippen LogP contribution < -0.4 is 5.32 Å². The predicted molar refractivity (Wildman–Crippen MR) is 103 cm³/mol. The SMILES string of the molecule is CN1CC2(CC(C(=O)Nc3cc4cc(-c5cncn5C)cnc4cn3)C2)C1. The quantitative estimate of drug-likeness (QED) is 0.774. The number of hydrogen-bond acceptors (Lipinski definition) is 5. The fraction of sp³-hybridized carbons (Fsp3) is 0.400. The summed E-state index contributed by atoms with van der Waals surface area (Å²) < 4.78 is 1.96. The number of anilines is 1. The number of carbonyl (C=O) groups is 1. The Morgan fingerprint density at radius 3 is 2.67 bits per heavy atom. The second kappa shape index (κ2) is 5.85. The molecule has 2 fully saturated rings. The van der Waals surface area contributed by atoms with E-state index in [1.807, 2.05) is 30.1 Å². The van der Waals surface area contributed by atoms with Crippen LogP contribution in [0.3, 0.4) is 0 Å². The smallest absolute Gasteiger partial charge is 0.228 e. The zero-order valence-electron chi connectivity index (χ0n) is 15.5. The van der Waals surface area contributed by atoms with Gasteiger partial charge in [0.1, 0.15) is 5.82 Å². The van der Waals surface area contributed by atoms with E-state index in [9.17, 15) is 4.79 Å². The van der Waals surface area contributed by atoms with Gasteiger partial charge in [-0.2, -0.15) is 0 Å². The molecule has 3 aromatic heterocycles. The Kier molecular flexibility index (Phi) is 3.55. The minimum Gasteiger partial charge on any atom is -0.334 e. The number of pyridine rings is 2. The zero-order chi connectivity index (χ0) is 18.6. The van der Waals surface area contributed by atoms with Gasteiger partial charge in [0, 0.05) is 43.2 Å². The van der Waals surface area contributed by atoms with E-state index in [2.05, 4.69) is 38.3 Å². The number of imidazole rings is 1. The minimum absolute atomic E-state index is 0.0813. The Morgan fingerprint density at radius 2 is 1.96 bits per heavy atom. The highest BCUT2D eigenvalue weighted by molar-refractivity contribution is 5.94. The molecule has 0 atom stereocenters. The first kappa shape index (κ1) is 16.4. The van der Waals surface area contributed by atoms with E-state index in [1.165, 1.54) is 0 Å². The van der Waals surface area contributed by atoms with Crippen molar-refractivity contribution in [3.8, 4) is 11.3 Å². The molecule has 1 spiro atoms. The Balaban J connectivity index is 1.33. The molecular weight excluding hydrogens is 340 g/mol. The van der Waals surface area contributed by atoms with E-state index in [0.717, 1.165) is 48.1 Å². The Morgan fingerprint density at radius 1 is 1.15 bits per heavy atom. The van der Waals surface area contributed by atoms with Crippen LogP contribution in [0.1, 0.15) is 12.8 Å².